The first-order valence-electron chi connectivity index (χ1n) is 7.48. The van der Waals surface area contributed by atoms with Gasteiger partial charge in [0.25, 0.3) is 5.91 Å². The van der Waals surface area contributed by atoms with Gasteiger partial charge in [-0.15, -0.1) is 0 Å². The van der Waals surface area contributed by atoms with E-state index < -0.39 is 11.7 Å². The van der Waals surface area contributed by atoms with Gasteiger partial charge >= 0.3 is 0 Å². The van der Waals surface area contributed by atoms with Gasteiger partial charge in [-0.1, -0.05) is 30.3 Å². The Hall–Kier alpha value is -2.93. The molecule has 2 aromatic carbocycles. The predicted octanol–water partition coefficient (Wildman–Crippen LogP) is 2.54. The number of thiocarbonyl (C=S) groups is 1. The molecule has 0 saturated heterocycles. The van der Waals surface area contributed by atoms with Crippen molar-refractivity contribution >= 4 is 29.3 Å². The lowest BCUT2D eigenvalue weighted by Gasteiger charge is -2.10. The third-order valence-corrected chi connectivity index (χ3v) is 3.48. The highest BCUT2D eigenvalue weighted by Crippen LogP contribution is 2.10. The fraction of sp³-hybridized carbons (Fsp3) is 0.111. The molecule has 25 heavy (non-hydrogen) atoms. The van der Waals surface area contributed by atoms with Crippen LogP contribution in [0.15, 0.2) is 54.6 Å². The van der Waals surface area contributed by atoms with Crippen LogP contribution in [0.25, 0.3) is 6.08 Å². The van der Waals surface area contributed by atoms with E-state index in [0.29, 0.717) is 12.1 Å². The van der Waals surface area contributed by atoms with E-state index >= 15 is 0 Å². The molecule has 2 aromatic rings. The van der Waals surface area contributed by atoms with E-state index in [1.165, 1.54) is 18.2 Å². The van der Waals surface area contributed by atoms with Crippen LogP contribution in [0.1, 0.15) is 11.1 Å². The van der Waals surface area contributed by atoms with Crippen molar-refractivity contribution in [3.05, 3.63) is 71.6 Å². The number of hydrogen-bond donors (Lipinski definition) is 3. The number of hydrazine groups is 1. The lowest BCUT2D eigenvalue weighted by Crippen LogP contribution is -2.45. The molecule has 0 bridgehead atoms. The first kappa shape index (κ1) is 18.4. The largest absolute Gasteiger partial charge is 0.497 e. The van der Waals surface area contributed by atoms with Gasteiger partial charge in [0.15, 0.2) is 5.11 Å². The van der Waals surface area contributed by atoms with Crippen LogP contribution in [0.4, 0.5) is 4.39 Å². The van der Waals surface area contributed by atoms with Gasteiger partial charge in [0.05, 0.1) is 7.11 Å². The molecule has 0 spiro atoms. The number of carbonyl (C=O) groups excluding carboxylic acids is 1. The number of methoxy groups -OCH3 is 1. The fourth-order valence-electron chi connectivity index (χ4n) is 1.91. The number of benzene rings is 2. The maximum atomic E-state index is 13.4. The number of ether oxygens (including phenoxy) is 1. The van der Waals surface area contributed by atoms with E-state index in [9.17, 15) is 9.18 Å². The average Bonchev–Trinajstić information content (AvgIpc) is 2.64. The molecule has 7 heteroatoms. The van der Waals surface area contributed by atoms with Crippen LogP contribution in [-0.2, 0) is 11.3 Å². The minimum Gasteiger partial charge on any atom is -0.497 e. The summed E-state index contributed by atoms with van der Waals surface area (Å²) in [5.74, 6) is -0.0635. The molecule has 0 radical (unpaired) electrons. The molecule has 130 valence electrons. The lowest BCUT2D eigenvalue weighted by molar-refractivity contribution is -0.116. The number of nitrogens with one attached hydrogen (secondary N) is 3. The number of carbonyl (C=O) groups is 1. The van der Waals surface area contributed by atoms with E-state index in [1.54, 1.807) is 25.3 Å². The molecular formula is C18H18FN3O2S. The monoisotopic (exact) mass is 359 g/mol. The van der Waals surface area contributed by atoms with Crippen LogP contribution in [0.2, 0.25) is 0 Å². The van der Waals surface area contributed by atoms with Crippen LogP contribution in [-0.4, -0.2) is 18.1 Å². The topological polar surface area (TPSA) is 62.4 Å². The van der Waals surface area contributed by atoms with Gasteiger partial charge in [0.2, 0.25) is 0 Å². The molecular weight excluding hydrogens is 341 g/mol. The van der Waals surface area contributed by atoms with E-state index in [4.69, 9.17) is 17.0 Å². The summed E-state index contributed by atoms with van der Waals surface area (Å²) in [7, 11) is 1.61. The Morgan fingerprint density at radius 3 is 2.56 bits per heavy atom. The zero-order valence-corrected chi connectivity index (χ0v) is 14.4. The molecule has 2 rings (SSSR count). The molecule has 0 aromatic heterocycles. The molecule has 0 heterocycles. The molecule has 0 aliphatic rings. The summed E-state index contributed by atoms with van der Waals surface area (Å²) in [6.07, 6.45) is 2.61. The van der Waals surface area contributed by atoms with E-state index in [-0.39, 0.29) is 5.11 Å². The zero-order valence-electron chi connectivity index (χ0n) is 13.6. The van der Waals surface area contributed by atoms with Crippen LogP contribution in [0.5, 0.6) is 5.75 Å². The van der Waals surface area contributed by atoms with E-state index in [2.05, 4.69) is 16.2 Å². The van der Waals surface area contributed by atoms with Crippen molar-refractivity contribution < 1.29 is 13.9 Å². The van der Waals surface area contributed by atoms with Crippen molar-refractivity contribution in [2.75, 3.05) is 7.11 Å². The molecule has 5 nitrogen and oxygen atoms in total. The summed E-state index contributed by atoms with van der Waals surface area (Å²) in [5.41, 5.74) is 6.32. The van der Waals surface area contributed by atoms with Crippen LogP contribution >= 0.6 is 12.2 Å². The van der Waals surface area contributed by atoms with Crippen molar-refractivity contribution in [3.63, 3.8) is 0 Å². The van der Waals surface area contributed by atoms with Crippen LogP contribution in [0, 0.1) is 5.82 Å². The molecule has 0 fully saturated rings. The molecule has 0 aliphatic heterocycles. The van der Waals surface area contributed by atoms with Gasteiger partial charge in [-0.25, -0.2) is 4.39 Å². The summed E-state index contributed by atoms with van der Waals surface area (Å²) in [4.78, 5) is 11.7. The predicted molar refractivity (Wildman–Crippen MR) is 99.1 cm³/mol. The zero-order chi connectivity index (χ0) is 18.1. The number of amides is 1. The maximum Gasteiger partial charge on any atom is 0.262 e. The van der Waals surface area contributed by atoms with E-state index in [0.717, 1.165) is 11.3 Å². The Kier molecular flexibility index (Phi) is 6.91. The Balaban J connectivity index is 1.73. The average molecular weight is 359 g/mol. The first-order valence-corrected chi connectivity index (χ1v) is 7.88. The smallest absolute Gasteiger partial charge is 0.262 e. The van der Waals surface area contributed by atoms with Crippen molar-refractivity contribution in [1.82, 2.24) is 16.2 Å². The second-order valence-electron chi connectivity index (χ2n) is 5.00. The van der Waals surface area contributed by atoms with Gasteiger partial charge in [-0.3, -0.25) is 15.6 Å². The third kappa shape index (κ3) is 6.23. The first-order chi connectivity index (χ1) is 12.1. The van der Waals surface area contributed by atoms with Crippen LogP contribution in [0.3, 0.4) is 0 Å². The summed E-state index contributed by atoms with van der Waals surface area (Å²) >= 11 is 5.07. The fourth-order valence-corrected chi connectivity index (χ4v) is 2.03. The highest BCUT2D eigenvalue weighted by molar-refractivity contribution is 7.80. The SMILES string of the molecule is COc1ccc(CNC(=S)NNC(=O)/C=C/c2ccccc2F)cc1. The Bertz CT molecular complexity index is 763. The van der Waals surface area contributed by atoms with Crippen molar-refractivity contribution in [3.8, 4) is 5.75 Å². The molecule has 0 saturated carbocycles. The highest BCUT2D eigenvalue weighted by Gasteiger charge is 2.01. The van der Waals surface area contributed by atoms with Crippen molar-refractivity contribution in [1.29, 1.82) is 0 Å². The van der Waals surface area contributed by atoms with Gasteiger partial charge in [-0.2, -0.15) is 0 Å². The normalized spacial score (nSPS) is 10.3. The minimum absolute atomic E-state index is 0.267. The molecule has 0 unspecified atom stereocenters. The molecule has 0 atom stereocenters. The molecule has 3 N–H and O–H groups in total. The molecule has 1 amide bonds. The van der Waals surface area contributed by atoms with Gasteiger partial charge in [-0.05, 0) is 42.1 Å². The maximum absolute atomic E-state index is 13.4. The van der Waals surface area contributed by atoms with Gasteiger partial charge in [0.1, 0.15) is 11.6 Å². The quantitative estimate of drug-likeness (QED) is 0.435. The second-order valence-corrected chi connectivity index (χ2v) is 5.41. The Morgan fingerprint density at radius 2 is 1.88 bits per heavy atom. The lowest BCUT2D eigenvalue weighted by atomic mass is 10.2. The standard InChI is InChI=1S/C18H18FN3O2S/c1-24-15-9-6-13(7-10-15)12-20-18(25)22-21-17(23)11-8-14-4-2-3-5-16(14)19/h2-11H,12H2,1H3,(H,21,23)(H2,20,22,25)/b11-8+. The van der Waals surface area contributed by atoms with Crippen LogP contribution < -0.4 is 20.9 Å². The summed E-state index contributed by atoms with van der Waals surface area (Å²) in [6, 6.07) is 13.7. The van der Waals surface area contributed by atoms with E-state index in [1.807, 2.05) is 24.3 Å². The van der Waals surface area contributed by atoms with Gasteiger partial charge < -0.3 is 10.1 Å². The van der Waals surface area contributed by atoms with Gasteiger partial charge in [0, 0.05) is 18.2 Å². The third-order valence-electron chi connectivity index (χ3n) is 3.23. The Labute approximate surface area is 150 Å². The number of hydrogen-bond acceptors (Lipinski definition) is 3. The highest BCUT2D eigenvalue weighted by atomic mass is 32.1. The number of rotatable bonds is 5. The second kappa shape index (κ2) is 9.39. The van der Waals surface area contributed by atoms with Crippen molar-refractivity contribution in [2.45, 2.75) is 6.54 Å². The number of halogens is 1. The Morgan fingerprint density at radius 1 is 1.16 bits per heavy atom. The van der Waals surface area contributed by atoms with Crippen molar-refractivity contribution in [2.24, 2.45) is 0 Å². The summed E-state index contributed by atoms with van der Waals surface area (Å²) in [6.45, 7) is 0.497. The molecule has 0 aliphatic carbocycles. The summed E-state index contributed by atoms with van der Waals surface area (Å²) < 4.78 is 18.5. The summed E-state index contributed by atoms with van der Waals surface area (Å²) in [5, 5.41) is 3.22. The minimum atomic E-state index is -0.447.